The van der Waals surface area contributed by atoms with Gasteiger partial charge in [-0.25, -0.2) is 0 Å². The molecule has 2 aliphatic heterocycles. The topological polar surface area (TPSA) is 152 Å². The molecule has 0 unspecified atom stereocenters. The molecular formula is C32H19BaCl8CuN8O3S. The summed E-state index contributed by atoms with van der Waals surface area (Å²) in [5.41, 5.74) is 3.77. The van der Waals surface area contributed by atoms with Gasteiger partial charge in [-0.1, -0.05) is 24.3 Å². The standard InChI is InChI=1S/C32H17N8O3S.Ba.8ClH.Cu.2H/c41-44(42)43-23-15-7-14-22-24(23)32-39-30-21-13-6-5-12-20(21)28(37-30)35-26-17-9-2-1-8-16(17)25(33-26)34-27-18-10-3-4-11-19(18)29(36-27)38-31(22)40-32;;;;;;;;;;;;/h1-15H,(H2,33,34,35,36,37,38,39,40);;8*1H;;;/q;;;;;;;;;;+8;;/p-8. The molecule has 280 valence electrons. The number of nitrogens with zero attached hydrogens (tertiary/aromatic N) is 6. The minimum atomic E-state index is -9.77. The maximum atomic E-state index is 13.9. The summed E-state index contributed by atoms with van der Waals surface area (Å²) in [7, 11) is 41.5. The molecule has 7 aromatic rings. The quantitative estimate of drug-likeness (QED) is 0.165. The van der Waals surface area contributed by atoms with Crippen molar-refractivity contribution >= 4 is 182 Å². The van der Waals surface area contributed by atoms with E-state index in [0.29, 0.717) is 45.2 Å². The third-order valence-corrected chi connectivity index (χ3v) is 25.2. The predicted octanol–water partition coefficient (Wildman–Crippen LogP) is 10.6. The predicted molar refractivity (Wildman–Crippen MR) is 221 cm³/mol. The molecule has 0 fully saturated rings. The third-order valence-electron chi connectivity index (χ3n) is 8.18. The number of aromatic nitrogens is 8. The van der Waals surface area contributed by atoms with E-state index in [0.717, 1.165) is 10.8 Å². The van der Waals surface area contributed by atoms with Crippen LogP contribution < -0.4 is 4.18 Å². The number of hydrogen-bond acceptors (Lipinski definition) is 9. The van der Waals surface area contributed by atoms with Crippen molar-refractivity contribution in [2.45, 2.75) is 0 Å². The van der Waals surface area contributed by atoms with Crippen LogP contribution in [0.25, 0.3) is 89.7 Å². The Morgan fingerprint density at radius 1 is 0.463 bits per heavy atom. The van der Waals surface area contributed by atoms with Crippen LogP contribution in [-0.4, -0.2) is 97.2 Å². The molecular weight excluding hydrogens is 1060 g/mol. The average Bonchev–Trinajstić information content (AvgIpc) is 3.79. The molecule has 9 rings (SSSR count). The molecule has 2 aliphatic rings. The Balaban J connectivity index is 0.00000413. The van der Waals surface area contributed by atoms with Crippen molar-refractivity contribution in [2.75, 3.05) is 0 Å². The van der Waals surface area contributed by atoms with Gasteiger partial charge in [-0.3, -0.25) is 0 Å². The van der Waals surface area contributed by atoms with Crippen LogP contribution in [0.4, 0.5) is 0 Å². The molecule has 3 aromatic heterocycles. The molecule has 5 heterocycles. The van der Waals surface area contributed by atoms with E-state index in [1.54, 1.807) is 18.2 Å². The van der Waals surface area contributed by atoms with E-state index in [-0.39, 0.29) is 82.6 Å². The van der Waals surface area contributed by atoms with Gasteiger partial charge in [-0.15, -0.1) is 0 Å². The molecule has 0 atom stereocenters. The van der Waals surface area contributed by atoms with Crippen LogP contribution in [-0.2, 0) is 7.69 Å². The van der Waals surface area contributed by atoms with Crippen molar-refractivity contribution in [2.24, 2.45) is 0 Å². The van der Waals surface area contributed by atoms with Crippen molar-refractivity contribution in [3.63, 3.8) is 0 Å². The fourth-order valence-corrected chi connectivity index (χ4v) is 9.24. The van der Waals surface area contributed by atoms with Gasteiger partial charge in [-0.2, -0.15) is 0 Å². The van der Waals surface area contributed by atoms with Gasteiger partial charge >= 0.3 is 347 Å². The summed E-state index contributed by atoms with van der Waals surface area (Å²) in [5, 5.41) is 1.82. The molecule has 11 nitrogen and oxygen atoms in total. The molecule has 2 N–H and O–H groups in total. The van der Waals surface area contributed by atoms with Crippen LogP contribution in [0.3, 0.4) is 0 Å². The van der Waals surface area contributed by atoms with Crippen molar-refractivity contribution in [1.29, 1.82) is 0 Å². The van der Waals surface area contributed by atoms with Crippen molar-refractivity contribution < 1.29 is 11.8 Å². The van der Waals surface area contributed by atoms with Crippen molar-refractivity contribution in [1.82, 2.24) is 39.9 Å². The Morgan fingerprint density at radius 2 is 0.815 bits per heavy atom. The zero-order valence-electron chi connectivity index (χ0n) is 25.8. The third kappa shape index (κ3) is 6.42. The number of fused-ring (bicyclic) bond motifs is 20. The number of nitrogens with one attached hydrogen (secondary N) is 2. The monoisotopic (exact) mass is 1080 g/mol. The molecule has 0 aliphatic carbocycles. The fourth-order valence-electron chi connectivity index (χ4n) is 5.90. The minimum absolute atomic E-state index is 0. The van der Waals surface area contributed by atoms with Gasteiger partial charge in [0.2, 0.25) is 0 Å². The van der Waals surface area contributed by atoms with Crippen LogP contribution in [0, 0.1) is 0 Å². The van der Waals surface area contributed by atoms with Gasteiger partial charge in [0.1, 0.15) is 0 Å². The first-order chi connectivity index (χ1) is 24.2. The number of aromatic amines is 2. The molecule has 0 radical (unpaired) electrons. The first-order valence-electron chi connectivity index (χ1n) is 14.6. The molecule has 0 amide bonds. The van der Waals surface area contributed by atoms with Gasteiger partial charge < -0.3 is 0 Å². The Morgan fingerprint density at radius 3 is 1.24 bits per heavy atom. The molecule has 0 spiro atoms. The number of benzene rings is 4. The van der Waals surface area contributed by atoms with Gasteiger partial charge in [0.25, 0.3) is 0 Å². The zero-order valence-corrected chi connectivity index (χ0v) is 33.6. The van der Waals surface area contributed by atoms with E-state index in [1.807, 2.05) is 60.7 Å². The fraction of sp³-hybridized carbons (Fsp3) is 0. The van der Waals surface area contributed by atoms with Crippen LogP contribution in [0.15, 0.2) is 91.0 Å². The van der Waals surface area contributed by atoms with Gasteiger partial charge in [0, 0.05) is 5.39 Å². The molecule has 0 saturated heterocycles. The summed E-state index contributed by atoms with van der Waals surface area (Å²) < 4.78 is 23.3. The molecule has 4 aromatic carbocycles. The van der Waals surface area contributed by atoms with Crippen LogP contribution in [0.5, 0.6) is 5.75 Å². The van der Waals surface area contributed by atoms with E-state index in [4.69, 9.17) is 115 Å². The molecule has 54 heavy (non-hydrogen) atoms. The van der Waals surface area contributed by atoms with E-state index >= 15 is 0 Å². The summed E-state index contributed by atoms with van der Waals surface area (Å²) in [6.07, 6.45) is 0. The first-order valence-corrected chi connectivity index (χ1v) is 27.4. The Kier molecular flexibility index (Phi) is 7.12. The second kappa shape index (κ2) is 9.80. The van der Waals surface area contributed by atoms with Crippen molar-refractivity contribution in [3.05, 3.63) is 91.0 Å². The van der Waals surface area contributed by atoms with Gasteiger partial charge in [-0.05, 0) is 0 Å². The molecule has 0 saturated carbocycles. The SMILES string of the molecule is O=[S](=O)(Oc1cccc2c3nc4nc(nc5[nH]c(nc6nc(nc([nH]3)c12)-c1ccccc1-6)c1ccccc51)-c1ccccc1-4)[Cu]([Cl])([Cl])([Cl])([Cl])([Cl])([Cl])([Cl])[Cl].[BaH2]. The Hall–Kier alpha value is -1.60. The second-order valence-electron chi connectivity index (χ2n) is 11.9. The van der Waals surface area contributed by atoms with Gasteiger partial charge in [0.15, 0.2) is 0 Å². The summed E-state index contributed by atoms with van der Waals surface area (Å²) in [6, 6.07) is 26.5. The second-order valence-corrected chi connectivity index (χ2v) is 71.2. The van der Waals surface area contributed by atoms with E-state index < -0.39 is 13.4 Å². The first kappa shape index (κ1) is 39.2. The number of H-pyrrole nitrogens is 2. The number of hydrogen-bond donors (Lipinski definition) is 2. The van der Waals surface area contributed by atoms with Gasteiger partial charge in [0.05, 0.1) is 0 Å². The molecule has 8 bridgehead atoms. The average molecular weight is 1080 g/mol. The Labute approximate surface area is 371 Å². The summed E-state index contributed by atoms with van der Waals surface area (Å²) in [5.74, 6) is 0.591. The summed E-state index contributed by atoms with van der Waals surface area (Å²) in [4.78, 5) is 35.6. The summed E-state index contributed by atoms with van der Waals surface area (Å²) in [6.45, 7) is 0. The number of halogens is 8. The normalized spacial score (nSPS) is 16.6. The van der Waals surface area contributed by atoms with Crippen molar-refractivity contribution in [3.8, 4) is 51.3 Å². The van der Waals surface area contributed by atoms with E-state index in [2.05, 4.69) is 9.97 Å². The summed E-state index contributed by atoms with van der Waals surface area (Å²) >= 11 is 0. The molecule has 22 heteroatoms. The number of rotatable bonds is 3. The van der Waals surface area contributed by atoms with Crippen LogP contribution in [0.2, 0.25) is 0 Å². The van der Waals surface area contributed by atoms with E-state index in [9.17, 15) is 8.42 Å². The zero-order chi connectivity index (χ0) is 37.6. The Bertz CT molecular complexity index is 3220. The van der Waals surface area contributed by atoms with E-state index in [1.165, 1.54) is 12.1 Å². The maximum absolute atomic E-state index is 13.9. The van der Waals surface area contributed by atoms with Crippen LogP contribution in [0.1, 0.15) is 0 Å². The van der Waals surface area contributed by atoms with Crippen LogP contribution >= 0.6 is 80.8 Å².